The normalized spacial score (nSPS) is 12.3. The average Bonchev–Trinajstić information content (AvgIpc) is 2.90. The standard InChI is InChI=1S/C19H20N2O2/c1-4-16(14-7-9-20-10-8-14)21-19(22)18-13(3)15-11-12(2)5-6-17(15)23-18/h5-11,16H,4H2,1-3H3,(H,21,22)/t16-/m0/s1. The topological polar surface area (TPSA) is 55.1 Å². The quantitative estimate of drug-likeness (QED) is 0.780. The molecule has 1 aromatic carbocycles. The molecule has 0 spiro atoms. The van der Waals surface area contributed by atoms with Gasteiger partial charge in [0.1, 0.15) is 5.58 Å². The molecule has 23 heavy (non-hydrogen) atoms. The number of pyridine rings is 1. The summed E-state index contributed by atoms with van der Waals surface area (Å²) in [7, 11) is 0. The molecule has 0 bridgehead atoms. The molecule has 1 atom stereocenters. The summed E-state index contributed by atoms with van der Waals surface area (Å²) in [5, 5.41) is 4.05. The fraction of sp³-hybridized carbons (Fsp3) is 0.263. The number of aromatic nitrogens is 1. The Morgan fingerprint density at radius 3 is 2.65 bits per heavy atom. The second kappa shape index (κ2) is 6.24. The second-order valence-electron chi connectivity index (χ2n) is 5.77. The van der Waals surface area contributed by atoms with Gasteiger partial charge in [0.05, 0.1) is 6.04 Å². The maximum absolute atomic E-state index is 12.6. The molecule has 0 fully saturated rings. The van der Waals surface area contributed by atoms with Crippen molar-refractivity contribution in [2.45, 2.75) is 33.2 Å². The third-order valence-corrected chi connectivity index (χ3v) is 4.12. The SMILES string of the molecule is CC[C@H](NC(=O)c1oc2ccc(C)cc2c1C)c1ccncc1. The van der Waals surface area contributed by atoms with Crippen molar-refractivity contribution in [2.24, 2.45) is 0 Å². The molecule has 1 N–H and O–H groups in total. The van der Waals surface area contributed by atoms with E-state index in [4.69, 9.17) is 4.42 Å². The summed E-state index contributed by atoms with van der Waals surface area (Å²) in [6.45, 7) is 6.00. The second-order valence-corrected chi connectivity index (χ2v) is 5.77. The van der Waals surface area contributed by atoms with Crippen LogP contribution in [0.4, 0.5) is 0 Å². The number of carbonyl (C=O) groups excluding carboxylic acids is 1. The van der Waals surface area contributed by atoms with Crippen LogP contribution in [-0.2, 0) is 0 Å². The lowest BCUT2D eigenvalue weighted by Crippen LogP contribution is -2.28. The molecule has 0 aliphatic heterocycles. The van der Waals surface area contributed by atoms with Crippen molar-refractivity contribution in [1.29, 1.82) is 0 Å². The smallest absolute Gasteiger partial charge is 0.287 e. The van der Waals surface area contributed by atoms with E-state index in [1.165, 1.54) is 0 Å². The molecule has 2 aromatic heterocycles. The van der Waals surface area contributed by atoms with Crippen molar-refractivity contribution in [3.63, 3.8) is 0 Å². The third kappa shape index (κ3) is 2.97. The predicted octanol–water partition coefficient (Wildman–Crippen LogP) is 4.33. The molecule has 1 amide bonds. The molecule has 3 rings (SSSR count). The van der Waals surface area contributed by atoms with E-state index in [-0.39, 0.29) is 11.9 Å². The van der Waals surface area contributed by atoms with E-state index >= 15 is 0 Å². The van der Waals surface area contributed by atoms with E-state index in [0.29, 0.717) is 5.76 Å². The first-order valence-corrected chi connectivity index (χ1v) is 7.80. The van der Waals surface area contributed by atoms with Gasteiger partial charge in [-0.15, -0.1) is 0 Å². The number of rotatable bonds is 4. The molecule has 0 aliphatic carbocycles. The van der Waals surface area contributed by atoms with Crippen LogP contribution >= 0.6 is 0 Å². The summed E-state index contributed by atoms with van der Waals surface area (Å²) in [5.41, 5.74) is 3.82. The third-order valence-electron chi connectivity index (χ3n) is 4.12. The molecule has 3 aromatic rings. The van der Waals surface area contributed by atoms with E-state index < -0.39 is 0 Å². The molecule has 0 saturated carbocycles. The number of benzene rings is 1. The van der Waals surface area contributed by atoms with Gasteiger partial charge in [-0.2, -0.15) is 0 Å². The van der Waals surface area contributed by atoms with Crippen LogP contribution in [0.15, 0.2) is 47.1 Å². The van der Waals surface area contributed by atoms with Gasteiger partial charge in [0, 0.05) is 23.3 Å². The van der Waals surface area contributed by atoms with Crippen LogP contribution in [0.25, 0.3) is 11.0 Å². The zero-order valence-corrected chi connectivity index (χ0v) is 13.6. The van der Waals surface area contributed by atoms with Gasteiger partial charge in [0.2, 0.25) is 0 Å². The summed E-state index contributed by atoms with van der Waals surface area (Å²) in [4.78, 5) is 16.7. The number of amides is 1. The highest BCUT2D eigenvalue weighted by Crippen LogP contribution is 2.27. The van der Waals surface area contributed by atoms with Crippen molar-refractivity contribution in [3.05, 3.63) is 65.2 Å². The summed E-state index contributed by atoms with van der Waals surface area (Å²) >= 11 is 0. The Morgan fingerprint density at radius 2 is 1.96 bits per heavy atom. The van der Waals surface area contributed by atoms with Gasteiger partial charge in [-0.25, -0.2) is 0 Å². The van der Waals surface area contributed by atoms with E-state index in [9.17, 15) is 4.79 Å². The van der Waals surface area contributed by atoms with Crippen LogP contribution in [0.5, 0.6) is 0 Å². The maximum atomic E-state index is 12.6. The molecular weight excluding hydrogens is 288 g/mol. The highest BCUT2D eigenvalue weighted by atomic mass is 16.3. The van der Waals surface area contributed by atoms with Gasteiger partial charge < -0.3 is 9.73 Å². The van der Waals surface area contributed by atoms with Gasteiger partial charge in [-0.05, 0) is 50.1 Å². The Kier molecular flexibility index (Phi) is 4.15. The highest BCUT2D eigenvalue weighted by molar-refractivity contribution is 5.99. The number of hydrogen-bond acceptors (Lipinski definition) is 3. The number of furan rings is 1. The fourth-order valence-electron chi connectivity index (χ4n) is 2.79. The largest absolute Gasteiger partial charge is 0.451 e. The summed E-state index contributed by atoms with van der Waals surface area (Å²) < 4.78 is 5.77. The Balaban J connectivity index is 1.90. The maximum Gasteiger partial charge on any atom is 0.287 e. The van der Waals surface area contributed by atoms with Gasteiger partial charge in [0.25, 0.3) is 5.91 Å². The number of fused-ring (bicyclic) bond motifs is 1. The summed E-state index contributed by atoms with van der Waals surface area (Å²) in [6, 6.07) is 9.73. The number of carbonyl (C=O) groups is 1. The van der Waals surface area contributed by atoms with Gasteiger partial charge >= 0.3 is 0 Å². The zero-order valence-electron chi connectivity index (χ0n) is 13.6. The summed E-state index contributed by atoms with van der Waals surface area (Å²) in [5.74, 6) is 0.207. The first-order valence-electron chi connectivity index (χ1n) is 7.80. The van der Waals surface area contributed by atoms with Crippen LogP contribution in [0.2, 0.25) is 0 Å². The molecule has 4 nitrogen and oxygen atoms in total. The van der Waals surface area contributed by atoms with Crippen molar-refractivity contribution < 1.29 is 9.21 Å². The minimum absolute atomic E-state index is 0.0557. The number of nitrogens with zero attached hydrogens (tertiary/aromatic N) is 1. The Hall–Kier alpha value is -2.62. The monoisotopic (exact) mass is 308 g/mol. The molecule has 0 radical (unpaired) electrons. The lowest BCUT2D eigenvalue weighted by molar-refractivity contribution is 0.0909. The van der Waals surface area contributed by atoms with Crippen LogP contribution in [-0.4, -0.2) is 10.9 Å². The van der Waals surface area contributed by atoms with E-state index in [0.717, 1.165) is 34.1 Å². The first kappa shape index (κ1) is 15.3. The lowest BCUT2D eigenvalue weighted by Gasteiger charge is -2.16. The number of nitrogens with one attached hydrogen (secondary N) is 1. The Labute approximate surface area is 135 Å². The van der Waals surface area contributed by atoms with Gasteiger partial charge in [-0.1, -0.05) is 18.6 Å². The van der Waals surface area contributed by atoms with Gasteiger partial charge in [-0.3, -0.25) is 9.78 Å². The van der Waals surface area contributed by atoms with Crippen LogP contribution in [0.3, 0.4) is 0 Å². The predicted molar refractivity (Wildman–Crippen MR) is 90.4 cm³/mol. The van der Waals surface area contributed by atoms with Crippen LogP contribution in [0, 0.1) is 13.8 Å². The van der Waals surface area contributed by atoms with E-state index in [1.54, 1.807) is 12.4 Å². The van der Waals surface area contributed by atoms with E-state index in [2.05, 4.69) is 10.3 Å². The van der Waals surface area contributed by atoms with Crippen molar-refractivity contribution in [2.75, 3.05) is 0 Å². The fourth-order valence-corrected chi connectivity index (χ4v) is 2.79. The molecule has 0 saturated heterocycles. The van der Waals surface area contributed by atoms with Crippen LogP contribution in [0.1, 0.15) is 46.6 Å². The molecule has 0 unspecified atom stereocenters. The number of aryl methyl sites for hydroxylation is 2. The Morgan fingerprint density at radius 1 is 1.22 bits per heavy atom. The minimum Gasteiger partial charge on any atom is -0.451 e. The van der Waals surface area contributed by atoms with Gasteiger partial charge in [0.15, 0.2) is 5.76 Å². The average molecular weight is 308 g/mol. The lowest BCUT2D eigenvalue weighted by atomic mass is 10.1. The Bertz CT molecular complexity index is 837. The van der Waals surface area contributed by atoms with Crippen LogP contribution < -0.4 is 5.32 Å². The summed E-state index contributed by atoms with van der Waals surface area (Å²) in [6.07, 6.45) is 4.27. The molecule has 118 valence electrons. The molecule has 4 heteroatoms. The molecular formula is C19H20N2O2. The van der Waals surface area contributed by atoms with Crippen molar-refractivity contribution >= 4 is 16.9 Å². The zero-order chi connectivity index (χ0) is 16.4. The van der Waals surface area contributed by atoms with Crippen molar-refractivity contribution in [1.82, 2.24) is 10.3 Å². The molecule has 0 aliphatic rings. The minimum atomic E-state index is -0.181. The van der Waals surface area contributed by atoms with Crippen molar-refractivity contribution in [3.8, 4) is 0 Å². The molecule has 2 heterocycles. The first-order chi connectivity index (χ1) is 11.1. The number of hydrogen-bond donors (Lipinski definition) is 1. The highest BCUT2D eigenvalue weighted by Gasteiger charge is 2.20. The van der Waals surface area contributed by atoms with E-state index in [1.807, 2.05) is 51.1 Å².